The SMILES string of the molecule is COc1cccc(Nc2nc(C(C)N3CCN(S(=O)(=O)c4ccc(C(F)(F)F)cc4)CC3)nc3ccccc23)c1. The number of halogens is 3. The molecule has 1 saturated heterocycles. The Kier molecular flexibility index (Phi) is 7.67. The molecule has 1 N–H and O–H groups in total. The first-order valence-corrected chi connectivity index (χ1v) is 14.1. The molecule has 1 aliphatic heterocycles. The maximum absolute atomic E-state index is 13.1. The standard InChI is InChI=1S/C28H28F3N5O3S/c1-19(35-14-16-36(17-15-35)40(37,38)23-12-10-20(11-13-23)28(29,30)31)26-33-25-9-4-3-8-24(25)27(34-26)32-21-6-5-7-22(18-21)39-2/h3-13,18-19H,14-17H2,1-2H3,(H,32,33,34). The van der Waals surface area contributed by atoms with Crippen LogP contribution in [0.15, 0.2) is 77.7 Å². The minimum atomic E-state index is -4.53. The summed E-state index contributed by atoms with van der Waals surface area (Å²) in [7, 11) is -2.32. The third-order valence-corrected chi connectivity index (χ3v) is 8.88. The van der Waals surface area contributed by atoms with Crippen LogP contribution in [0.2, 0.25) is 0 Å². The lowest BCUT2D eigenvalue weighted by Crippen LogP contribution is -2.49. The van der Waals surface area contributed by atoms with Crippen LogP contribution < -0.4 is 10.1 Å². The number of methoxy groups -OCH3 is 1. The smallest absolute Gasteiger partial charge is 0.416 e. The van der Waals surface area contributed by atoms with Gasteiger partial charge in [-0.1, -0.05) is 18.2 Å². The summed E-state index contributed by atoms with van der Waals surface area (Å²) in [4.78, 5) is 11.6. The fourth-order valence-corrected chi connectivity index (χ4v) is 6.10. The lowest BCUT2D eigenvalue weighted by molar-refractivity contribution is -0.137. The molecule has 1 unspecified atom stereocenters. The number of hydrogen-bond acceptors (Lipinski definition) is 7. The molecule has 5 rings (SSSR count). The number of ether oxygens (including phenoxy) is 1. The van der Waals surface area contributed by atoms with Crippen LogP contribution in [-0.2, 0) is 16.2 Å². The maximum atomic E-state index is 13.1. The molecule has 4 aromatic rings. The van der Waals surface area contributed by atoms with Gasteiger partial charge in [-0.3, -0.25) is 4.90 Å². The van der Waals surface area contributed by atoms with E-state index in [9.17, 15) is 21.6 Å². The molecule has 1 aliphatic rings. The van der Waals surface area contributed by atoms with Crippen LogP contribution in [-0.4, -0.2) is 60.9 Å². The van der Waals surface area contributed by atoms with Crippen molar-refractivity contribution in [2.24, 2.45) is 0 Å². The van der Waals surface area contributed by atoms with E-state index in [4.69, 9.17) is 14.7 Å². The van der Waals surface area contributed by atoms with Gasteiger partial charge in [-0.05, 0) is 55.5 Å². The van der Waals surface area contributed by atoms with Crippen molar-refractivity contribution in [3.05, 3.63) is 84.2 Å². The van der Waals surface area contributed by atoms with E-state index in [1.165, 1.54) is 4.31 Å². The third-order valence-electron chi connectivity index (χ3n) is 6.97. The molecule has 40 heavy (non-hydrogen) atoms. The number of sulfonamides is 1. The van der Waals surface area contributed by atoms with Crippen LogP contribution in [0.5, 0.6) is 5.75 Å². The minimum absolute atomic E-state index is 0.159. The van der Waals surface area contributed by atoms with Crippen LogP contribution in [0.4, 0.5) is 24.7 Å². The van der Waals surface area contributed by atoms with E-state index in [2.05, 4.69) is 10.2 Å². The fourth-order valence-electron chi connectivity index (χ4n) is 4.67. The second-order valence-electron chi connectivity index (χ2n) is 9.44. The summed E-state index contributed by atoms with van der Waals surface area (Å²) in [6, 6.07) is 18.6. The van der Waals surface area contributed by atoms with Gasteiger partial charge >= 0.3 is 6.18 Å². The van der Waals surface area contributed by atoms with Crippen molar-refractivity contribution < 1.29 is 26.3 Å². The molecular formula is C28H28F3N5O3S. The molecule has 0 spiro atoms. The third kappa shape index (κ3) is 5.74. The molecule has 3 aromatic carbocycles. The second kappa shape index (κ2) is 11.0. The molecule has 12 heteroatoms. The van der Waals surface area contributed by atoms with Gasteiger partial charge in [0.1, 0.15) is 17.4 Å². The highest BCUT2D eigenvalue weighted by Gasteiger charge is 2.33. The van der Waals surface area contributed by atoms with E-state index in [0.717, 1.165) is 40.9 Å². The Morgan fingerprint density at radius 1 is 0.925 bits per heavy atom. The minimum Gasteiger partial charge on any atom is -0.497 e. The van der Waals surface area contributed by atoms with Crippen molar-refractivity contribution in [2.45, 2.75) is 24.0 Å². The zero-order valence-electron chi connectivity index (χ0n) is 21.9. The van der Waals surface area contributed by atoms with Crippen molar-refractivity contribution >= 4 is 32.4 Å². The summed E-state index contributed by atoms with van der Waals surface area (Å²) < 4.78 is 71.5. The fraction of sp³-hybridized carbons (Fsp3) is 0.286. The number of nitrogens with zero attached hydrogens (tertiary/aromatic N) is 4. The second-order valence-corrected chi connectivity index (χ2v) is 11.4. The normalized spacial score (nSPS) is 16.1. The number of para-hydroxylation sites is 1. The Balaban J connectivity index is 1.33. The molecule has 1 aromatic heterocycles. The highest BCUT2D eigenvalue weighted by Crippen LogP contribution is 2.32. The largest absolute Gasteiger partial charge is 0.497 e. The van der Waals surface area contributed by atoms with Gasteiger partial charge in [0.2, 0.25) is 10.0 Å². The van der Waals surface area contributed by atoms with E-state index in [-0.39, 0.29) is 24.0 Å². The molecule has 1 fully saturated rings. The van der Waals surface area contributed by atoms with E-state index in [1.807, 2.05) is 55.5 Å². The number of fused-ring (bicyclic) bond motifs is 1. The molecular weight excluding hydrogens is 543 g/mol. The number of rotatable bonds is 7. The topological polar surface area (TPSA) is 87.7 Å². The maximum Gasteiger partial charge on any atom is 0.416 e. The zero-order chi connectivity index (χ0) is 28.5. The molecule has 0 bridgehead atoms. The van der Waals surface area contributed by atoms with Gasteiger partial charge in [0.15, 0.2) is 0 Å². The van der Waals surface area contributed by atoms with Crippen LogP contribution in [0, 0.1) is 0 Å². The molecule has 8 nitrogen and oxygen atoms in total. The summed E-state index contributed by atoms with van der Waals surface area (Å²) in [6.45, 7) is 3.18. The Hall–Kier alpha value is -3.74. The Morgan fingerprint density at radius 2 is 1.62 bits per heavy atom. The summed E-state index contributed by atoms with van der Waals surface area (Å²) in [5, 5.41) is 4.23. The Morgan fingerprint density at radius 3 is 2.30 bits per heavy atom. The predicted molar refractivity (Wildman–Crippen MR) is 146 cm³/mol. The summed E-state index contributed by atoms with van der Waals surface area (Å²) in [5.41, 5.74) is 0.692. The number of hydrogen-bond donors (Lipinski definition) is 1. The Bertz CT molecular complexity index is 1610. The average molecular weight is 572 g/mol. The number of anilines is 2. The molecule has 1 atom stereocenters. The van der Waals surface area contributed by atoms with Crippen LogP contribution in [0.25, 0.3) is 10.9 Å². The predicted octanol–water partition coefficient (Wildman–Crippen LogP) is 5.47. The van der Waals surface area contributed by atoms with Gasteiger partial charge in [0.25, 0.3) is 0 Å². The summed E-state index contributed by atoms with van der Waals surface area (Å²) in [6.07, 6.45) is -4.53. The number of piperazine rings is 1. The number of benzene rings is 3. The first-order chi connectivity index (χ1) is 19.1. The summed E-state index contributed by atoms with van der Waals surface area (Å²) >= 11 is 0. The van der Waals surface area contributed by atoms with E-state index < -0.39 is 21.8 Å². The van der Waals surface area contributed by atoms with Gasteiger partial charge < -0.3 is 10.1 Å². The van der Waals surface area contributed by atoms with E-state index >= 15 is 0 Å². The van der Waals surface area contributed by atoms with Crippen molar-refractivity contribution in [3.8, 4) is 5.75 Å². The zero-order valence-corrected chi connectivity index (χ0v) is 22.7. The molecule has 0 radical (unpaired) electrons. The first-order valence-electron chi connectivity index (χ1n) is 12.7. The van der Waals surface area contributed by atoms with Crippen LogP contribution >= 0.6 is 0 Å². The van der Waals surface area contributed by atoms with Gasteiger partial charge in [0, 0.05) is 43.3 Å². The van der Waals surface area contributed by atoms with Crippen molar-refractivity contribution in [2.75, 3.05) is 38.6 Å². The monoisotopic (exact) mass is 571 g/mol. The van der Waals surface area contributed by atoms with Gasteiger partial charge in [-0.2, -0.15) is 17.5 Å². The van der Waals surface area contributed by atoms with Crippen molar-refractivity contribution in [1.29, 1.82) is 0 Å². The molecule has 2 heterocycles. The highest BCUT2D eigenvalue weighted by atomic mass is 32.2. The number of alkyl halides is 3. The Labute approximate surface area is 230 Å². The van der Waals surface area contributed by atoms with Crippen molar-refractivity contribution in [3.63, 3.8) is 0 Å². The molecule has 210 valence electrons. The van der Waals surface area contributed by atoms with Crippen LogP contribution in [0.3, 0.4) is 0 Å². The van der Waals surface area contributed by atoms with Gasteiger partial charge in [-0.15, -0.1) is 0 Å². The van der Waals surface area contributed by atoms with Gasteiger partial charge in [-0.25, -0.2) is 18.4 Å². The van der Waals surface area contributed by atoms with Crippen LogP contribution in [0.1, 0.15) is 24.4 Å². The number of nitrogens with one attached hydrogen (secondary N) is 1. The van der Waals surface area contributed by atoms with Gasteiger partial charge in [0.05, 0.1) is 29.1 Å². The lowest BCUT2D eigenvalue weighted by Gasteiger charge is -2.37. The molecule has 0 saturated carbocycles. The highest BCUT2D eigenvalue weighted by molar-refractivity contribution is 7.89. The lowest BCUT2D eigenvalue weighted by atomic mass is 10.2. The number of aromatic nitrogens is 2. The van der Waals surface area contributed by atoms with E-state index in [1.54, 1.807) is 7.11 Å². The molecule has 0 aliphatic carbocycles. The quantitative estimate of drug-likeness (QED) is 0.315. The first kappa shape index (κ1) is 27.8. The molecule has 0 amide bonds. The van der Waals surface area contributed by atoms with E-state index in [0.29, 0.717) is 30.5 Å². The summed E-state index contributed by atoms with van der Waals surface area (Å²) in [5.74, 6) is 1.94. The average Bonchev–Trinajstić information content (AvgIpc) is 2.96. The van der Waals surface area contributed by atoms with Crippen molar-refractivity contribution in [1.82, 2.24) is 19.2 Å².